The highest BCUT2D eigenvalue weighted by molar-refractivity contribution is 6.16. The van der Waals surface area contributed by atoms with Crippen molar-refractivity contribution in [3.63, 3.8) is 0 Å². The fraction of sp³-hybridized carbons (Fsp3) is 0.346. The van der Waals surface area contributed by atoms with Gasteiger partial charge in [0.1, 0.15) is 13.2 Å². The van der Waals surface area contributed by atoms with Gasteiger partial charge in [0.15, 0.2) is 17.3 Å². The number of ether oxygens (including phenoxy) is 3. The molecule has 0 saturated carbocycles. The second kappa shape index (κ2) is 9.10. The summed E-state index contributed by atoms with van der Waals surface area (Å²) in [7, 11) is 0. The van der Waals surface area contributed by atoms with Gasteiger partial charge in [0, 0.05) is 36.3 Å². The summed E-state index contributed by atoms with van der Waals surface area (Å²) in [5.74, 6) is 0.976. The molecule has 1 aromatic heterocycles. The fourth-order valence-corrected chi connectivity index (χ4v) is 4.57. The van der Waals surface area contributed by atoms with Crippen molar-refractivity contribution in [2.75, 3.05) is 37.8 Å². The Morgan fingerprint density at radius 2 is 1.76 bits per heavy atom. The summed E-state index contributed by atoms with van der Waals surface area (Å²) in [5, 5.41) is 0.843. The van der Waals surface area contributed by atoms with E-state index in [0.29, 0.717) is 68.4 Å². The lowest BCUT2D eigenvalue weighted by molar-refractivity contribution is -0.148. The van der Waals surface area contributed by atoms with Crippen molar-refractivity contribution in [1.29, 1.82) is 0 Å². The van der Waals surface area contributed by atoms with Crippen LogP contribution in [0.5, 0.6) is 11.5 Å². The van der Waals surface area contributed by atoms with Crippen LogP contribution < -0.4 is 14.4 Å². The van der Waals surface area contributed by atoms with E-state index in [2.05, 4.69) is 9.88 Å². The maximum atomic E-state index is 13.5. The molecular weight excluding hydrogens is 420 g/mol. The third-order valence-corrected chi connectivity index (χ3v) is 6.22. The molecule has 1 saturated heterocycles. The van der Waals surface area contributed by atoms with E-state index in [9.17, 15) is 9.59 Å². The number of piperidine rings is 1. The van der Waals surface area contributed by atoms with E-state index < -0.39 is 0 Å². The Hall–Kier alpha value is -3.61. The lowest BCUT2D eigenvalue weighted by atomic mass is 9.94. The second-order valence-electron chi connectivity index (χ2n) is 8.24. The Morgan fingerprint density at radius 3 is 2.45 bits per heavy atom. The summed E-state index contributed by atoms with van der Waals surface area (Å²) in [6.45, 7) is 4.48. The minimum atomic E-state index is -0.142. The van der Waals surface area contributed by atoms with Gasteiger partial charge in [-0.1, -0.05) is 30.3 Å². The van der Waals surface area contributed by atoms with E-state index >= 15 is 0 Å². The van der Waals surface area contributed by atoms with E-state index in [1.165, 1.54) is 0 Å². The molecule has 2 aliphatic rings. The Morgan fingerprint density at radius 1 is 1.06 bits per heavy atom. The highest BCUT2D eigenvalue weighted by Gasteiger charge is 2.30. The van der Waals surface area contributed by atoms with Gasteiger partial charge in [-0.2, -0.15) is 0 Å². The molecule has 0 bridgehead atoms. The van der Waals surface area contributed by atoms with Crippen molar-refractivity contribution in [3.8, 4) is 11.5 Å². The first-order valence-corrected chi connectivity index (χ1v) is 11.4. The fourth-order valence-electron chi connectivity index (χ4n) is 4.57. The van der Waals surface area contributed by atoms with Crippen LogP contribution in [0.2, 0.25) is 0 Å². The molecule has 2 aromatic carbocycles. The summed E-state index contributed by atoms with van der Waals surface area (Å²) < 4.78 is 16.8. The molecule has 0 unspecified atom stereocenters. The standard InChI is InChI=1S/C26H26N2O5/c1-2-31-26(30)18-8-10-28(11-9-18)24-19-14-22-23(33-13-12-32-22)15-21(19)27-16-20(24)25(29)17-6-4-3-5-7-17/h3-7,14-16,18H,2,8-13H2,1H3. The van der Waals surface area contributed by atoms with Gasteiger partial charge in [-0.15, -0.1) is 0 Å². The maximum absolute atomic E-state index is 13.5. The Labute approximate surface area is 192 Å². The van der Waals surface area contributed by atoms with Crippen molar-refractivity contribution in [2.24, 2.45) is 5.92 Å². The maximum Gasteiger partial charge on any atom is 0.309 e. The van der Waals surface area contributed by atoms with E-state index in [0.717, 1.165) is 16.6 Å². The van der Waals surface area contributed by atoms with Crippen molar-refractivity contribution in [2.45, 2.75) is 19.8 Å². The van der Waals surface area contributed by atoms with Gasteiger partial charge >= 0.3 is 5.97 Å². The SMILES string of the molecule is CCOC(=O)C1CCN(c2c(C(=O)c3ccccc3)cnc3cc4c(cc23)OCCO4)CC1. The molecule has 1 fully saturated rings. The van der Waals surface area contributed by atoms with Crippen molar-refractivity contribution in [1.82, 2.24) is 4.98 Å². The average Bonchev–Trinajstić information content (AvgIpc) is 2.87. The Balaban J connectivity index is 1.58. The van der Waals surface area contributed by atoms with Gasteiger partial charge < -0.3 is 19.1 Å². The number of fused-ring (bicyclic) bond motifs is 2. The predicted octanol–water partition coefficient (Wildman–Crippen LogP) is 4.02. The molecule has 3 aromatic rings. The zero-order chi connectivity index (χ0) is 22.8. The number of hydrogen-bond acceptors (Lipinski definition) is 7. The summed E-state index contributed by atoms with van der Waals surface area (Å²) in [6, 6.07) is 13.0. The van der Waals surface area contributed by atoms with E-state index in [1.54, 1.807) is 6.20 Å². The molecule has 2 aliphatic heterocycles. The van der Waals surface area contributed by atoms with Crippen molar-refractivity contribution >= 4 is 28.3 Å². The third-order valence-electron chi connectivity index (χ3n) is 6.22. The number of nitrogens with zero attached hydrogens (tertiary/aromatic N) is 2. The third kappa shape index (κ3) is 4.11. The predicted molar refractivity (Wildman–Crippen MR) is 124 cm³/mol. The molecule has 0 N–H and O–H groups in total. The monoisotopic (exact) mass is 446 g/mol. The number of benzene rings is 2. The van der Waals surface area contributed by atoms with Crippen LogP contribution in [0.1, 0.15) is 35.7 Å². The van der Waals surface area contributed by atoms with Crippen molar-refractivity contribution < 1.29 is 23.8 Å². The van der Waals surface area contributed by atoms with Gasteiger partial charge in [0.2, 0.25) is 0 Å². The number of rotatable bonds is 5. The molecule has 0 atom stereocenters. The lowest BCUT2D eigenvalue weighted by Gasteiger charge is -2.34. The smallest absolute Gasteiger partial charge is 0.309 e. The second-order valence-corrected chi connectivity index (χ2v) is 8.24. The molecule has 0 aliphatic carbocycles. The Bertz CT molecular complexity index is 1190. The van der Waals surface area contributed by atoms with Crippen LogP contribution in [-0.4, -0.2) is 49.6 Å². The van der Waals surface area contributed by atoms with Gasteiger partial charge in [-0.05, 0) is 25.8 Å². The summed E-state index contributed by atoms with van der Waals surface area (Å²) in [6.07, 6.45) is 3.00. The number of hydrogen-bond donors (Lipinski definition) is 0. The zero-order valence-corrected chi connectivity index (χ0v) is 18.6. The largest absolute Gasteiger partial charge is 0.486 e. The minimum absolute atomic E-state index is 0.0811. The molecular formula is C26H26N2O5. The number of anilines is 1. The molecule has 0 spiro atoms. The lowest BCUT2D eigenvalue weighted by Crippen LogP contribution is -2.38. The van der Waals surface area contributed by atoms with Crippen LogP contribution >= 0.6 is 0 Å². The summed E-state index contributed by atoms with van der Waals surface area (Å²) in [4.78, 5) is 32.5. The zero-order valence-electron chi connectivity index (χ0n) is 18.6. The number of pyridine rings is 1. The molecule has 7 heteroatoms. The molecule has 0 amide bonds. The van der Waals surface area contributed by atoms with Crippen LogP contribution in [0, 0.1) is 5.92 Å². The van der Waals surface area contributed by atoms with Crippen LogP contribution in [0.4, 0.5) is 5.69 Å². The number of carbonyl (C=O) groups is 2. The average molecular weight is 447 g/mol. The molecule has 5 rings (SSSR count). The highest BCUT2D eigenvalue weighted by atomic mass is 16.6. The van der Waals surface area contributed by atoms with E-state index in [4.69, 9.17) is 14.2 Å². The first kappa shape index (κ1) is 21.2. The van der Waals surface area contributed by atoms with Gasteiger partial charge in [-0.25, -0.2) is 0 Å². The first-order chi connectivity index (χ1) is 16.2. The van der Waals surface area contributed by atoms with Gasteiger partial charge in [0.05, 0.1) is 29.3 Å². The summed E-state index contributed by atoms with van der Waals surface area (Å²) in [5.41, 5.74) is 2.72. The van der Waals surface area contributed by atoms with Gasteiger partial charge in [-0.3, -0.25) is 14.6 Å². The van der Waals surface area contributed by atoms with Crippen LogP contribution in [0.15, 0.2) is 48.7 Å². The normalized spacial score (nSPS) is 16.0. The van der Waals surface area contributed by atoms with Crippen LogP contribution in [-0.2, 0) is 9.53 Å². The molecule has 0 radical (unpaired) electrons. The number of ketones is 1. The summed E-state index contributed by atoms with van der Waals surface area (Å²) >= 11 is 0. The highest BCUT2D eigenvalue weighted by Crippen LogP contribution is 2.40. The topological polar surface area (TPSA) is 78.0 Å². The Kier molecular flexibility index (Phi) is 5.86. The number of aromatic nitrogens is 1. The van der Waals surface area contributed by atoms with Crippen LogP contribution in [0.25, 0.3) is 10.9 Å². The van der Waals surface area contributed by atoms with E-state index in [1.807, 2.05) is 49.4 Å². The number of esters is 1. The first-order valence-electron chi connectivity index (χ1n) is 11.4. The van der Waals surface area contributed by atoms with Gasteiger partial charge in [0.25, 0.3) is 0 Å². The number of carbonyl (C=O) groups excluding carboxylic acids is 2. The van der Waals surface area contributed by atoms with Crippen LogP contribution in [0.3, 0.4) is 0 Å². The molecule has 170 valence electrons. The quantitative estimate of drug-likeness (QED) is 0.433. The molecule has 3 heterocycles. The molecule has 7 nitrogen and oxygen atoms in total. The molecule has 33 heavy (non-hydrogen) atoms. The van der Waals surface area contributed by atoms with Crippen molar-refractivity contribution in [3.05, 3.63) is 59.8 Å². The minimum Gasteiger partial charge on any atom is -0.486 e. The van der Waals surface area contributed by atoms with E-state index in [-0.39, 0.29) is 17.7 Å².